The van der Waals surface area contributed by atoms with Crippen LogP contribution in [-0.2, 0) is 20.7 Å². The molecule has 0 saturated carbocycles. The van der Waals surface area contributed by atoms with E-state index in [9.17, 15) is 9.59 Å². The predicted molar refractivity (Wildman–Crippen MR) is 78.1 cm³/mol. The summed E-state index contributed by atoms with van der Waals surface area (Å²) < 4.78 is 10.5. The van der Waals surface area contributed by atoms with Crippen LogP contribution in [0.15, 0.2) is 24.3 Å². The molecule has 1 amide bonds. The van der Waals surface area contributed by atoms with Crippen LogP contribution in [0.3, 0.4) is 0 Å². The van der Waals surface area contributed by atoms with Crippen molar-refractivity contribution >= 4 is 11.9 Å². The van der Waals surface area contributed by atoms with E-state index in [-0.39, 0.29) is 5.78 Å². The minimum absolute atomic E-state index is 0.151. The molecule has 0 aliphatic heterocycles. The highest BCUT2D eigenvalue weighted by Gasteiger charge is 2.36. The normalized spacial score (nSPS) is 21.6. The third-order valence-electron chi connectivity index (χ3n) is 3.29. The monoisotopic (exact) mass is 291 g/mol. The number of nitrogens with one attached hydrogen (secondary N) is 1. The zero-order valence-corrected chi connectivity index (χ0v) is 12.8. The Hall–Kier alpha value is -1.88. The van der Waals surface area contributed by atoms with Gasteiger partial charge in [0.05, 0.1) is 6.04 Å². The zero-order valence-electron chi connectivity index (χ0n) is 12.8. The molecule has 2 rings (SSSR count). The number of benzene rings is 1. The molecule has 5 heteroatoms. The molecule has 1 aromatic carbocycles. The van der Waals surface area contributed by atoms with Crippen molar-refractivity contribution in [3.05, 3.63) is 35.4 Å². The van der Waals surface area contributed by atoms with E-state index in [1.165, 1.54) is 7.11 Å². The van der Waals surface area contributed by atoms with Crippen LogP contribution in [0.1, 0.15) is 38.0 Å². The molecule has 0 heterocycles. The number of carbonyl (C=O) groups is 2. The number of ether oxygens (including phenoxy) is 2. The molecule has 1 aliphatic rings. The molecule has 1 aromatic rings. The molecule has 21 heavy (non-hydrogen) atoms. The lowest BCUT2D eigenvalue weighted by Gasteiger charge is -2.30. The van der Waals surface area contributed by atoms with Crippen LogP contribution in [0.2, 0.25) is 0 Å². The van der Waals surface area contributed by atoms with Crippen LogP contribution in [0.25, 0.3) is 0 Å². The standard InChI is InChI=1S/C16H21NO4/c1-16(2,3)21-15(19)17-12-9-10-7-5-6-8-11(10)14(20-4)13(12)18/h5-8,12,14H,9H2,1-4H3,(H,17,19)/t12-,14-/m1/s1. The SMILES string of the molecule is CO[C@H]1C(=O)[C@H](NC(=O)OC(C)(C)C)Cc2ccccc21. The van der Waals surface area contributed by atoms with E-state index in [1.807, 2.05) is 24.3 Å². The average molecular weight is 291 g/mol. The lowest BCUT2D eigenvalue weighted by atomic mass is 9.85. The summed E-state index contributed by atoms with van der Waals surface area (Å²) in [6.07, 6.45) is -0.779. The predicted octanol–water partition coefficient (Wildman–Crippen LogP) is 2.39. The van der Waals surface area contributed by atoms with Gasteiger partial charge in [0.15, 0.2) is 5.78 Å². The number of alkyl carbamates (subject to hydrolysis) is 1. The highest BCUT2D eigenvalue weighted by Crippen LogP contribution is 2.29. The minimum atomic E-state index is -0.644. The number of rotatable bonds is 2. The summed E-state index contributed by atoms with van der Waals surface area (Å²) in [5.41, 5.74) is 1.28. The van der Waals surface area contributed by atoms with Crippen molar-refractivity contribution in [3.63, 3.8) is 0 Å². The molecule has 0 bridgehead atoms. The van der Waals surface area contributed by atoms with Gasteiger partial charge < -0.3 is 14.8 Å². The van der Waals surface area contributed by atoms with Crippen molar-refractivity contribution in [2.75, 3.05) is 7.11 Å². The topological polar surface area (TPSA) is 64.6 Å². The van der Waals surface area contributed by atoms with E-state index in [0.717, 1.165) is 11.1 Å². The fourth-order valence-corrected chi connectivity index (χ4v) is 2.45. The fraction of sp³-hybridized carbons (Fsp3) is 0.500. The molecular formula is C16H21NO4. The third-order valence-corrected chi connectivity index (χ3v) is 3.29. The Morgan fingerprint density at radius 1 is 1.29 bits per heavy atom. The van der Waals surface area contributed by atoms with Crippen molar-refractivity contribution in [2.45, 2.75) is 44.9 Å². The van der Waals surface area contributed by atoms with Gasteiger partial charge in [-0.3, -0.25) is 4.79 Å². The Morgan fingerprint density at radius 3 is 2.57 bits per heavy atom. The van der Waals surface area contributed by atoms with Crippen molar-refractivity contribution in [2.24, 2.45) is 0 Å². The highest BCUT2D eigenvalue weighted by atomic mass is 16.6. The zero-order chi connectivity index (χ0) is 15.6. The van der Waals surface area contributed by atoms with E-state index in [2.05, 4.69) is 5.32 Å². The fourth-order valence-electron chi connectivity index (χ4n) is 2.45. The summed E-state index contributed by atoms with van der Waals surface area (Å²) >= 11 is 0. The maximum atomic E-state index is 12.4. The van der Waals surface area contributed by atoms with Crippen LogP contribution < -0.4 is 5.32 Å². The number of methoxy groups -OCH3 is 1. The first-order chi connectivity index (χ1) is 9.81. The summed E-state index contributed by atoms with van der Waals surface area (Å²) in [5.74, 6) is -0.151. The average Bonchev–Trinajstić information content (AvgIpc) is 2.37. The smallest absolute Gasteiger partial charge is 0.408 e. The molecule has 5 nitrogen and oxygen atoms in total. The minimum Gasteiger partial charge on any atom is -0.444 e. The van der Waals surface area contributed by atoms with Gasteiger partial charge in [0, 0.05) is 13.5 Å². The molecule has 2 atom stereocenters. The quantitative estimate of drug-likeness (QED) is 0.908. The Labute approximate surface area is 124 Å². The van der Waals surface area contributed by atoms with Gasteiger partial charge >= 0.3 is 6.09 Å². The second-order valence-electron chi connectivity index (χ2n) is 6.12. The molecule has 0 radical (unpaired) electrons. The first-order valence-electron chi connectivity index (χ1n) is 6.95. The largest absolute Gasteiger partial charge is 0.444 e. The Bertz CT molecular complexity index is 547. The lowest BCUT2D eigenvalue weighted by molar-refractivity contribution is -0.132. The van der Waals surface area contributed by atoms with Crippen molar-refractivity contribution in [3.8, 4) is 0 Å². The summed E-state index contributed by atoms with van der Waals surface area (Å²) in [6, 6.07) is 6.98. The van der Waals surface area contributed by atoms with E-state index in [4.69, 9.17) is 9.47 Å². The molecule has 1 N–H and O–H groups in total. The molecule has 0 aromatic heterocycles. The Morgan fingerprint density at radius 2 is 1.95 bits per heavy atom. The number of Topliss-reactive ketones (excluding diaryl/α,β-unsaturated/α-hetero) is 1. The molecule has 0 fully saturated rings. The lowest BCUT2D eigenvalue weighted by Crippen LogP contribution is -2.48. The number of amides is 1. The highest BCUT2D eigenvalue weighted by molar-refractivity contribution is 5.93. The second-order valence-corrected chi connectivity index (χ2v) is 6.12. The first kappa shape index (κ1) is 15.5. The van der Waals surface area contributed by atoms with E-state index in [0.29, 0.717) is 6.42 Å². The van der Waals surface area contributed by atoms with E-state index >= 15 is 0 Å². The van der Waals surface area contributed by atoms with Gasteiger partial charge in [-0.05, 0) is 31.9 Å². The van der Waals surface area contributed by atoms with Gasteiger partial charge in [0.1, 0.15) is 11.7 Å². The van der Waals surface area contributed by atoms with Crippen LogP contribution in [-0.4, -0.2) is 30.6 Å². The van der Waals surface area contributed by atoms with Crippen LogP contribution in [0.4, 0.5) is 4.79 Å². The van der Waals surface area contributed by atoms with Gasteiger partial charge in [0.2, 0.25) is 0 Å². The van der Waals surface area contributed by atoms with E-state index in [1.54, 1.807) is 20.8 Å². The van der Waals surface area contributed by atoms with E-state index < -0.39 is 23.8 Å². The molecular weight excluding hydrogens is 270 g/mol. The van der Waals surface area contributed by atoms with Gasteiger partial charge in [-0.2, -0.15) is 0 Å². The maximum absolute atomic E-state index is 12.4. The van der Waals surface area contributed by atoms with Crippen LogP contribution >= 0.6 is 0 Å². The molecule has 114 valence electrons. The van der Waals surface area contributed by atoms with Crippen molar-refractivity contribution in [1.82, 2.24) is 5.32 Å². The summed E-state index contributed by atoms with van der Waals surface area (Å²) in [6.45, 7) is 5.34. The molecule has 0 unspecified atom stereocenters. The number of carbonyl (C=O) groups excluding carboxylic acids is 2. The van der Waals surface area contributed by atoms with Gasteiger partial charge in [0.25, 0.3) is 0 Å². The van der Waals surface area contributed by atoms with Crippen molar-refractivity contribution < 1.29 is 19.1 Å². The number of fused-ring (bicyclic) bond motifs is 1. The van der Waals surface area contributed by atoms with Crippen molar-refractivity contribution in [1.29, 1.82) is 0 Å². The van der Waals surface area contributed by atoms with Crippen LogP contribution in [0.5, 0.6) is 0 Å². The third kappa shape index (κ3) is 3.61. The summed E-state index contributed by atoms with van der Waals surface area (Å²) in [7, 11) is 1.50. The first-order valence-corrected chi connectivity index (χ1v) is 6.95. The number of ketones is 1. The molecule has 0 spiro atoms. The van der Waals surface area contributed by atoms with Crippen LogP contribution in [0, 0.1) is 0 Å². The second kappa shape index (κ2) is 5.85. The maximum Gasteiger partial charge on any atom is 0.408 e. The number of hydrogen-bond donors (Lipinski definition) is 1. The molecule has 1 aliphatic carbocycles. The summed E-state index contributed by atoms with van der Waals surface area (Å²) in [4.78, 5) is 24.3. The Kier molecular flexibility index (Phi) is 4.32. The van der Waals surface area contributed by atoms with Gasteiger partial charge in [-0.15, -0.1) is 0 Å². The number of hydrogen-bond acceptors (Lipinski definition) is 4. The van der Waals surface area contributed by atoms with Gasteiger partial charge in [-0.1, -0.05) is 24.3 Å². The summed E-state index contributed by atoms with van der Waals surface area (Å²) in [5, 5.41) is 2.64. The molecule has 0 saturated heterocycles. The Balaban J connectivity index is 2.16. The van der Waals surface area contributed by atoms with Gasteiger partial charge in [-0.25, -0.2) is 4.79 Å².